The third-order valence-electron chi connectivity index (χ3n) is 0.573. The molecule has 0 N–H and O–H groups in total. The Kier molecular flexibility index (Phi) is 2.66. The standard InChI is InChI=1S/C7H11FSi/c1-7(2)5-6-9(3,4)8/h1H2,2-4H3. The van der Waals surface area contributed by atoms with E-state index in [0.29, 0.717) is 0 Å². The molecule has 2 heteroatoms. The minimum atomic E-state index is -2.64. The average Bonchev–Trinajstić information content (AvgIpc) is 1.59. The van der Waals surface area contributed by atoms with Gasteiger partial charge in [-0.15, -0.1) is 0 Å². The summed E-state index contributed by atoms with van der Waals surface area (Å²) in [5.74, 6) is 2.63. The van der Waals surface area contributed by atoms with Gasteiger partial charge >= 0.3 is 8.41 Å². The summed E-state index contributed by atoms with van der Waals surface area (Å²) in [6.07, 6.45) is 0. The Labute approximate surface area is 57.0 Å². The first kappa shape index (κ1) is 8.45. The Balaban J connectivity index is 4.04. The zero-order valence-electron chi connectivity index (χ0n) is 6.09. The van der Waals surface area contributed by atoms with Crippen molar-refractivity contribution >= 4 is 8.41 Å². The molecule has 0 amide bonds. The molecule has 0 atom stereocenters. The second kappa shape index (κ2) is 2.84. The molecule has 0 radical (unpaired) electrons. The molecule has 0 unspecified atom stereocenters. The predicted octanol–water partition coefficient (Wildman–Crippen LogP) is 2.28. The van der Waals surface area contributed by atoms with Crippen LogP contribution in [0.3, 0.4) is 0 Å². The molecule has 0 saturated carbocycles. The number of rotatable bonds is 0. The van der Waals surface area contributed by atoms with E-state index in [9.17, 15) is 4.11 Å². The second-order valence-electron chi connectivity index (χ2n) is 2.50. The molecule has 0 aliphatic heterocycles. The first-order valence-electron chi connectivity index (χ1n) is 2.79. The quantitative estimate of drug-likeness (QED) is 0.276. The topological polar surface area (TPSA) is 0 Å². The van der Waals surface area contributed by atoms with E-state index >= 15 is 0 Å². The molecule has 0 aliphatic carbocycles. The molecule has 0 aromatic heterocycles. The van der Waals surface area contributed by atoms with Crippen molar-refractivity contribution in [3.05, 3.63) is 12.2 Å². The Hall–Kier alpha value is -0.553. The SMILES string of the molecule is C=C(C)C#C[Si](C)(C)F. The Morgan fingerprint density at radius 1 is 1.56 bits per heavy atom. The molecular weight excluding hydrogens is 131 g/mol. The van der Waals surface area contributed by atoms with E-state index in [0.717, 1.165) is 5.57 Å². The molecule has 0 spiro atoms. The molecule has 0 aromatic rings. The van der Waals surface area contributed by atoms with Gasteiger partial charge in [-0.05, 0) is 25.6 Å². The number of halogens is 1. The smallest absolute Gasteiger partial charge is 0.298 e. The van der Waals surface area contributed by atoms with Crippen LogP contribution in [0.4, 0.5) is 4.11 Å². The van der Waals surface area contributed by atoms with E-state index in [1.165, 1.54) is 0 Å². The first-order valence-corrected chi connectivity index (χ1v) is 5.67. The fourth-order valence-corrected chi connectivity index (χ4v) is 0.766. The summed E-state index contributed by atoms with van der Waals surface area (Å²) in [5, 5.41) is 0. The third kappa shape index (κ3) is 7.45. The van der Waals surface area contributed by atoms with E-state index in [1.807, 2.05) is 0 Å². The lowest BCUT2D eigenvalue weighted by Crippen LogP contribution is -2.14. The molecule has 9 heavy (non-hydrogen) atoms. The molecule has 0 aliphatic rings. The fourth-order valence-electron chi connectivity index (χ4n) is 0.255. The third-order valence-corrected chi connectivity index (χ3v) is 1.29. The monoisotopic (exact) mass is 142 g/mol. The predicted molar refractivity (Wildman–Crippen MR) is 41.2 cm³/mol. The largest absolute Gasteiger partial charge is 0.317 e. The summed E-state index contributed by atoms with van der Waals surface area (Å²) in [7, 11) is -2.64. The minimum absolute atomic E-state index is 0.730. The van der Waals surface area contributed by atoms with Crippen LogP contribution in [-0.2, 0) is 0 Å². The van der Waals surface area contributed by atoms with E-state index in [2.05, 4.69) is 18.0 Å². The zero-order chi connectivity index (χ0) is 7.49. The van der Waals surface area contributed by atoms with Gasteiger partial charge in [0.15, 0.2) is 0 Å². The Bertz CT molecular complexity index is 166. The van der Waals surface area contributed by atoms with Crippen molar-refractivity contribution in [1.29, 1.82) is 0 Å². The maximum Gasteiger partial charge on any atom is 0.317 e. The van der Waals surface area contributed by atoms with Gasteiger partial charge < -0.3 is 0 Å². The van der Waals surface area contributed by atoms with Gasteiger partial charge in [0.1, 0.15) is 0 Å². The number of hydrogen-bond donors (Lipinski definition) is 0. The Morgan fingerprint density at radius 2 is 2.00 bits per heavy atom. The molecule has 0 heterocycles. The fraction of sp³-hybridized carbons (Fsp3) is 0.429. The van der Waals surface area contributed by atoms with Crippen LogP contribution in [0.2, 0.25) is 13.1 Å². The van der Waals surface area contributed by atoms with Crippen LogP contribution in [0.25, 0.3) is 0 Å². The minimum Gasteiger partial charge on any atom is -0.298 e. The van der Waals surface area contributed by atoms with Gasteiger partial charge in [0.25, 0.3) is 0 Å². The number of allylic oxidation sites excluding steroid dienone is 1. The maximum absolute atomic E-state index is 12.7. The van der Waals surface area contributed by atoms with Crippen LogP contribution in [-0.4, -0.2) is 8.41 Å². The maximum atomic E-state index is 12.7. The zero-order valence-corrected chi connectivity index (χ0v) is 7.09. The molecule has 0 aromatic carbocycles. The van der Waals surface area contributed by atoms with Gasteiger partial charge in [-0.1, -0.05) is 18.0 Å². The van der Waals surface area contributed by atoms with Crippen LogP contribution in [0.5, 0.6) is 0 Å². The average molecular weight is 142 g/mol. The molecule has 0 fully saturated rings. The summed E-state index contributed by atoms with van der Waals surface area (Å²) >= 11 is 0. The van der Waals surface area contributed by atoms with E-state index in [4.69, 9.17) is 0 Å². The van der Waals surface area contributed by atoms with Crippen LogP contribution >= 0.6 is 0 Å². The van der Waals surface area contributed by atoms with Crippen LogP contribution in [0.1, 0.15) is 6.92 Å². The highest BCUT2D eigenvalue weighted by Crippen LogP contribution is 1.99. The molecule has 0 nitrogen and oxygen atoms in total. The number of hydrogen-bond acceptors (Lipinski definition) is 0. The lowest BCUT2D eigenvalue weighted by Gasteiger charge is -1.96. The summed E-state index contributed by atoms with van der Waals surface area (Å²) in [4.78, 5) is 0. The molecule has 50 valence electrons. The van der Waals surface area contributed by atoms with E-state index < -0.39 is 8.41 Å². The molecule has 0 rings (SSSR count). The van der Waals surface area contributed by atoms with Gasteiger partial charge in [0, 0.05) is 0 Å². The summed E-state index contributed by atoms with van der Waals surface area (Å²) in [6, 6.07) is 0. The molecule has 0 saturated heterocycles. The van der Waals surface area contributed by atoms with Gasteiger partial charge in [-0.2, -0.15) is 0 Å². The van der Waals surface area contributed by atoms with E-state index in [-0.39, 0.29) is 0 Å². The molecule has 0 bridgehead atoms. The second-order valence-corrected chi connectivity index (χ2v) is 5.70. The highest BCUT2D eigenvalue weighted by molar-refractivity contribution is 6.78. The van der Waals surface area contributed by atoms with Crippen molar-refractivity contribution in [1.82, 2.24) is 0 Å². The normalized spacial score (nSPS) is 9.78. The highest BCUT2D eigenvalue weighted by Gasteiger charge is 2.15. The van der Waals surface area contributed by atoms with Crippen LogP contribution < -0.4 is 0 Å². The van der Waals surface area contributed by atoms with Crippen LogP contribution in [0, 0.1) is 11.5 Å². The van der Waals surface area contributed by atoms with Crippen molar-refractivity contribution in [2.75, 3.05) is 0 Å². The van der Waals surface area contributed by atoms with Gasteiger partial charge in [0.05, 0.1) is 0 Å². The van der Waals surface area contributed by atoms with Gasteiger partial charge in [-0.25, -0.2) is 0 Å². The lowest BCUT2D eigenvalue weighted by molar-refractivity contribution is 0.825. The highest BCUT2D eigenvalue weighted by atomic mass is 28.4. The van der Waals surface area contributed by atoms with Crippen molar-refractivity contribution in [2.24, 2.45) is 0 Å². The van der Waals surface area contributed by atoms with Crippen molar-refractivity contribution < 1.29 is 4.11 Å². The summed E-state index contributed by atoms with van der Waals surface area (Å²) < 4.78 is 12.7. The van der Waals surface area contributed by atoms with Crippen LogP contribution in [0.15, 0.2) is 12.2 Å². The van der Waals surface area contributed by atoms with Crippen molar-refractivity contribution in [3.63, 3.8) is 0 Å². The Morgan fingerprint density at radius 3 is 2.11 bits per heavy atom. The first-order chi connectivity index (χ1) is 3.92. The van der Waals surface area contributed by atoms with Crippen molar-refractivity contribution in [3.8, 4) is 11.5 Å². The molecular formula is C7H11FSi. The summed E-state index contributed by atoms with van der Waals surface area (Å²) in [6.45, 7) is 8.43. The van der Waals surface area contributed by atoms with Crippen molar-refractivity contribution in [2.45, 2.75) is 20.0 Å². The van der Waals surface area contributed by atoms with E-state index in [1.54, 1.807) is 20.0 Å². The lowest BCUT2D eigenvalue weighted by atomic mass is 10.4. The van der Waals surface area contributed by atoms with Gasteiger partial charge in [-0.3, -0.25) is 4.11 Å². The van der Waals surface area contributed by atoms with Gasteiger partial charge in [0.2, 0.25) is 0 Å². The summed E-state index contributed by atoms with van der Waals surface area (Å²) in [5.41, 5.74) is 3.27.